The number of nitrogens with zero attached hydrogens (tertiary/aromatic N) is 5. The lowest BCUT2D eigenvalue weighted by Gasteiger charge is -2.49. The second kappa shape index (κ2) is 7.06. The quantitative estimate of drug-likeness (QED) is 0.841. The highest BCUT2D eigenvalue weighted by atomic mass is 16.2. The van der Waals surface area contributed by atoms with Gasteiger partial charge in [0, 0.05) is 25.6 Å². The number of carbonyl (C=O) groups is 1. The lowest BCUT2D eigenvalue weighted by Crippen LogP contribution is -2.53. The fourth-order valence-electron chi connectivity index (χ4n) is 5.05. The van der Waals surface area contributed by atoms with Crippen LogP contribution in [0.4, 0.5) is 0 Å². The molecule has 1 amide bonds. The molecule has 2 saturated heterocycles. The van der Waals surface area contributed by atoms with Gasteiger partial charge in [0.15, 0.2) is 0 Å². The van der Waals surface area contributed by atoms with E-state index in [2.05, 4.69) is 31.5 Å². The summed E-state index contributed by atoms with van der Waals surface area (Å²) in [7, 11) is 0. The average Bonchev–Trinajstić information content (AvgIpc) is 3.31. The van der Waals surface area contributed by atoms with Crippen molar-refractivity contribution in [3.05, 3.63) is 12.2 Å². The molecular weight excluding hydrogens is 314 g/mol. The lowest BCUT2D eigenvalue weighted by atomic mass is 9.72. The topological polar surface area (TPSA) is 54.3 Å². The van der Waals surface area contributed by atoms with Crippen molar-refractivity contribution in [2.75, 3.05) is 19.6 Å². The van der Waals surface area contributed by atoms with Gasteiger partial charge in [-0.2, -0.15) is 0 Å². The Morgan fingerprint density at radius 3 is 2.68 bits per heavy atom. The number of amides is 1. The van der Waals surface area contributed by atoms with E-state index in [1.54, 1.807) is 0 Å². The number of hydrogen-bond acceptors (Lipinski definition) is 4. The number of aromatic nitrogens is 3. The number of piperidine rings is 2. The predicted octanol–water partition coefficient (Wildman–Crippen LogP) is 2.45. The van der Waals surface area contributed by atoms with E-state index in [9.17, 15) is 4.79 Å². The molecule has 1 aromatic heterocycles. The van der Waals surface area contributed by atoms with Crippen molar-refractivity contribution >= 4 is 5.91 Å². The Morgan fingerprint density at radius 2 is 1.96 bits per heavy atom. The molecule has 1 aliphatic carbocycles. The smallest absolute Gasteiger partial charge is 0.222 e. The van der Waals surface area contributed by atoms with E-state index in [0.717, 1.165) is 51.4 Å². The molecule has 1 aromatic rings. The Bertz CT molecular complexity index is 599. The van der Waals surface area contributed by atoms with Crippen LogP contribution in [0, 0.1) is 5.41 Å². The number of likely N-dealkylation sites (tertiary alicyclic amines) is 2. The highest BCUT2D eigenvalue weighted by Crippen LogP contribution is 2.42. The van der Waals surface area contributed by atoms with Crippen LogP contribution in [0.3, 0.4) is 0 Å². The third kappa shape index (κ3) is 3.46. The third-order valence-electron chi connectivity index (χ3n) is 6.78. The fraction of sp³-hybridized carbons (Fsp3) is 0.842. The molecule has 2 aliphatic heterocycles. The second-order valence-corrected chi connectivity index (χ2v) is 8.27. The molecule has 4 rings (SSSR count). The van der Waals surface area contributed by atoms with Crippen LogP contribution < -0.4 is 0 Å². The van der Waals surface area contributed by atoms with Crippen molar-refractivity contribution in [1.29, 1.82) is 0 Å². The van der Waals surface area contributed by atoms with Crippen LogP contribution >= 0.6 is 0 Å². The van der Waals surface area contributed by atoms with Gasteiger partial charge in [0.1, 0.15) is 12.2 Å². The Hall–Kier alpha value is -1.43. The molecule has 6 heteroatoms. The zero-order valence-electron chi connectivity index (χ0n) is 15.5. The zero-order chi connectivity index (χ0) is 17.3. The Kier molecular flexibility index (Phi) is 4.80. The maximum Gasteiger partial charge on any atom is 0.222 e. The van der Waals surface area contributed by atoms with Gasteiger partial charge >= 0.3 is 0 Å². The minimum absolute atomic E-state index is 0.366. The van der Waals surface area contributed by atoms with Crippen LogP contribution in [-0.2, 0) is 17.9 Å². The van der Waals surface area contributed by atoms with Gasteiger partial charge in [-0.1, -0.05) is 12.8 Å². The molecule has 1 saturated carbocycles. The number of carbonyl (C=O) groups excluding carboxylic acids is 1. The van der Waals surface area contributed by atoms with Gasteiger partial charge in [-0.25, -0.2) is 0 Å². The van der Waals surface area contributed by atoms with Crippen LogP contribution in [0.5, 0.6) is 0 Å². The third-order valence-corrected chi connectivity index (χ3v) is 6.78. The summed E-state index contributed by atoms with van der Waals surface area (Å²) in [5.41, 5.74) is 0.366. The summed E-state index contributed by atoms with van der Waals surface area (Å²) in [5.74, 6) is 1.49. The average molecular weight is 345 g/mol. The molecule has 0 unspecified atom stereocenters. The van der Waals surface area contributed by atoms with Gasteiger partial charge in [0.05, 0.1) is 6.54 Å². The number of hydrogen-bond donors (Lipinski definition) is 0. The molecule has 3 heterocycles. The standard InChI is InChI=1S/C19H31N5O/c1-2-23-15-20-21-17(23)13-22-11-9-19(10-12-22)8-7-18(25)24(14-19)16-5-3-4-6-16/h15-16H,2-14H2,1H3. The van der Waals surface area contributed by atoms with E-state index >= 15 is 0 Å². The van der Waals surface area contributed by atoms with Gasteiger partial charge in [-0.3, -0.25) is 9.69 Å². The van der Waals surface area contributed by atoms with Crippen LogP contribution in [0.1, 0.15) is 64.1 Å². The molecule has 0 aromatic carbocycles. The van der Waals surface area contributed by atoms with E-state index < -0.39 is 0 Å². The molecule has 25 heavy (non-hydrogen) atoms. The molecule has 0 radical (unpaired) electrons. The van der Waals surface area contributed by atoms with Crippen molar-refractivity contribution in [2.45, 2.75) is 77.4 Å². The van der Waals surface area contributed by atoms with Gasteiger partial charge < -0.3 is 9.47 Å². The lowest BCUT2D eigenvalue weighted by molar-refractivity contribution is -0.142. The summed E-state index contributed by atoms with van der Waals surface area (Å²) >= 11 is 0. The first-order valence-electron chi connectivity index (χ1n) is 10.1. The SMILES string of the molecule is CCn1cnnc1CN1CCC2(CCC(=O)N(C3CCCC3)C2)CC1. The van der Waals surface area contributed by atoms with Crippen molar-refractivity contribution in [3.63, 3.8) is 0 Å². The monoisotopic (exact) mass is 345 g/mol. The first kappa shape index (κ1) is 17.0. The number of aryl methyl sites for hydroxylation is 1. The van der Waals surface area contributed by atoms with Crippen LogP contribution in [0.15, 0.2) is 6.33 Å². The van der Waals surface area contributed by atoms with Crippen LogP contribution in [-0.4, -0.2) is 56.1 Å². The van der Waals surface area contributed by atoms with Crippen molar-refractivity contribution in [2.24, 2.45) is 5.41 Å². The van der Waals surface area contributed by atoms with Gasteiger partial charge in [-0.05, 0) is 57.5 Å². The van der Waals surface area contributed by atoms with Crippen molar-refractivity contribution < 1.29 is 4.79 Å². The van der Waals surface area contributed by atoms with E-state index in [1.807, 2.05) is 6.33 Å². The molecule has 138 valence electrons. The Labute approximate surface area is 150 Å². The molecule has 6 nitrogen and oxygen atoms in total. The Balaban J connectivity index is 1.36. The molecule has 3 aliphatic rings. The normalized spacial score (nSPS) is 25.2. The largest absolute Gasteiger partial charge is 0.339 e. The molecule has 3 fully saturated rings. The van der Waals surface area contributed by atoms with Gasteiger partial charge in [0.2, 0.25) is 5.91 Å². The first-order chi connectivity index (χ1) is 12.2. The van der Waals surface area contributed by atoms with E-state index in [1.165, 1.54) is 38.5 Å². The summed E-state index contributed by atoms with van der Waals surface area (Å²) in [4.78, 5) is 17.2. The number of rotatable bonds is 4. The minimum atomic E-state index is 0.366. The van der Waals surface area contributed by atoms with Crippen LogP contribution in [0.25, 0.3) is 0 Å². The van der Waals surface area contributed by atoms with Gasteiger partial charge in [-0.15, -0.1) is 10.2 Å². The molecular formula is C19H31N5O. The van der Waals surface area contributed by atoms with E-state index in [4.69, 9.17) is 0 Å². The molecule has 1 spiro atoms. The Morgan fingerprint density at radius 1 is 1.20 bits per heavy atom. The van der Waals surface area contributed by atoms with Crippen molar-refractivity contribution in [3.8, 4) is 0 Å². The zero-order valence-corrected chi connectivity index (χ0v) is 15.5. The van der Waals surface area contributed by atoms with Crippen molar-refractivity contribution in [1.82, 2.24) is 24.6 Å². The first-order valence-corrected chi connectivity index (χ1v) is 10.1. The highest BCUT2D eigenvalue weighted by molar-refractivity contribution is 5.77. The van der Waals surface area contributed by atoms with E-state index in [0.29, 0.717) is 17.4 Å². The molecule has 0 bridgehead atoms. The minimum Gasteiger partial charge on any atom is -0.339 e. The van der Waals surface area contributed by atoms with E-state index in [-0.39, 0.29) is 0 Å². The second-order valence-electron chi connectivity index (χ2n) is 8.27. The maximum absolute atomic E-state index is 12.5. The summed E-state index contributed by atoms with van der Waals surface area (Å²) in [6, 6.07) is 0.533. The van der Waals surface area contributed by atoms with Crippen LogP contribution in [0.2, 0.25) is 0 Å². The highest BCUT2D eigenvalue weighted by Gasteiger charge is 2.43. The molecule has 0 N–H and O–H groups in total. The fourth-order valence-corrected chi connectivity index (χ4v) is 5.05. The summed E-state index contributed by atoms with van der Waals surface area (Å²) in [6.45, 7) is 7.20. The summed E-state index contributed by atoms with van der Waals surface area (Å²) in [6.07, 6.45) is 11.1. The maximum atomic E-state index is 12.5. The summed E-state index contributed by atoms with van der Waals surface area (Å²) < 4.78 is 2.13. The molecule has 0 atom stereocenters. The summed E-state index contributed by atoms with van der Waals surface area (Å²) in [5, 5.41) is 8.32. The van der Waals surface area contributed by atoms with Gasteiger partial charge in [0.25, 0.3) is 0 Å². The predicted molar refractivity (Wildman–Crippen MR) is 95.8 cm³/mol.